The van der Waals surface area contributed by atoms with E-state index in [-0.39, 0.29) is 5.69 Å². The number of carbonyl (C=O) groups is 1. The first-order chi connectivity index (χ1) is 17.9. The van der Waals surface area contributed by atoms with E-state index in [1.54, 1.807) is 26.4 Å². The summed E-state index contributed by atoms with van der Waals surface area (Å²) in [6.45, 7) is 1.78. The second-order valence-electron chi connectivity index (χ2n) is 8.59. The van der Waals surface area contributed by atoms with Gasteiger partial charge < -0.3 is 14.5 Å². The highest BCUT2D eigenvalue weighted by Gasteiger charge is 2.15. The van der Waals surface area contributed by atoms with Gasteiger partial charge in [0.15, 0.2) is 11.6 Å². The molecule has 5 aromatic rings. The summed E-state index contributed by atoms with van der Waals surface area (Å²) in [4.78, 5) is 12.6. The van der Waals surface area contributed by atoms with Gasteiger partial charge in [-0.05, 0) is 47.4 Å². The van der Waals surface area contributed by atoms with Gasteiger partial charge in [0.1, 0.15) is 11.3 Å². The van der Waals surface area contributed by atoms with Gasteiger partial charge in [-0.2, -0.15) is 0 Å². The minimum Gasteiger partial charge on any atom is -0.496 e. The number of hydrogen-bond donors (Lipinski definition) is 1. The number of carbonyl (C=O) groups excluding carboxylic acids is 1. The third-order valence-electron chi connectivity index (χ3n) is 6.16. The lowest BCUT2D eigenvalue weighted by molar-refractivity contribution is -0.111. The lowest BCUT2D eigenvalue weighted by Gasteiger charge is -2.10. The molecule has 0 bridgehead atoms. The SMILES string of the molecule is COc1cc2occ(-c3ccc(-c4ccccc4)cc3)c2cc1/C(C)=C/C(=O)Nc1ccc(F)c(F)c1. The van der Waals surface area contributed by atoms with Crippen LogP contribution in [0, 0.1) is 11.6 Å². The fraction of sp³-hybridized carbons (Fsp3) is 0.0645. The molecule has 0 saturated heterocycles. The van der Waals surface area contributed by atoms with Gasteiger partial charge in [0.2, 0.25) is 5.91 Å². The second kappa shape index (κ2) is 10.1. The van der Waals surface area contributed by atoms with Gasteiger partial charge in [-0.1, -0.05) is 54.6 Å². The van der Waals surface area contributed by atoms with E-state index in [9.17, 15) is 13.6 Å². The zero-order valence-electron chi connectivity index (χ0n) is 20.2. The molecule has 4 aromatic carbocycles. The van der Waals surface area contributed by atoms with Crippen molar-refractivity contribution in [1.29, 1.82) is 0 Å². The van der Waals surface area contributed by atoms with Gasteiger partial charge in [0, 0.05) is 40.4 Å². The largest absolute Gasteiger partial charge is 0.496 e. The Bertz CT molecular complexity index is 1620. The smallest absolute Gasteiger partial charge is 0.248 e. The van der Waals surface area contributed by atoms with Gasteiger partial charge in [-0.25, -0.2) is 8.78 Å². The Morgan fingerprint density at radius 2 is 1.57 bits per heavy atom. The average molecular weight is 496 g/mol. The highest BCUT2D eigenvalue weighted by Crippen LogP contribution is 2.38. The van der Waals surface area contributed by atoms with Crippen LogP contribution < -0.4 is 10.1 Å². The zero-order valence-corrected chi connectivity index (χ0v) is 20.2. The molecule has 5 rings (SSSR count). The maximum atomic E-state index is 13.5. The van der Waals surface area contributed by atoms with Gasteiger partial charge >= 0.3 is 0 Å². The van der Waals surface area contributed by atoms with E-state index in [0.717, 1.165) is 39.8 Å². The maximum Gasteiger partial charge on any atom is 0.248 e. The minimum atomic E-state index is -1.03. The Kier molecular flexibility index (Phi) is 6.56. The van der Waals surface area contributed by atoms with Crippen molar-refractivity contribution in [2.24, 2.45) is 0 Å². The summed E-state index contributed by atoms with van der Waals surface area (Å²) in [5.41, 5.74) is 6.31. The number of amides is 1. The topological polar surface area (TPSA) is 51.5 Å². The first-order valence-electron chi connectivity index (χ1n) is 11.6. The van der Waals surface area contributed by atoms with Crippen molar-refractivity contribution in [3.05, 3.63) is 114 Å². The number of methoxy groups -OCH3 is 1. The maximum absolute atomic E-state index is 13.5. The number of nitrogens with one attached hydrogen (secondary N) is 1. The molecule has 4 nitrogen and oxygen atoms in total. The molecule has 0 fully saturated rings. The Labute approximate surface area is 212 Å². The predicted molar refractivity (Wildman–Crippen MR) is 142 cm³/mol. The predicted octanol–water partition coefficient (Wildman–Crippen LogP) is 8.10. The fourth-order valence-corrected chi connectivity index (χ4v) is 4.26. The fourth-order valence-electron chi connectivity index (χ4n) is 4.26. The monoisotopic (exact) mass is 495 g/mol. The van der Waals surface area contributed by atoms with Crippen molar-refractivity contribution in [2.75, 3.05) is 12.4 Å². The molecular weight excluding hydrogens is 472 g/mol. The number of fused-ring (bicyclic) bond motifs is 1. The highest BCUT2D eigenvalue weighted by molar-refractivity contribution is 6.05. The number of halogens is 2. The van der Waals surface area contributed by atoms with Crippen LogP contribution in [0.4, 0.5) is 14.5 Å². The molecule has 0 atom stereocenters. The summed E-state index contributed by atoms with van der Waals surface area (Å²) in [7, 11) is 1.55. The van der Waals surface area contributed by atoms with E-state index >= 15 is 0 Å². The van der Waals surface area contributed by atoms with Crippen LogP contribution in [0.1, 0.15) is 12.5 Å². The number of anilines is 1. The summed E-state index contributed by atoms with van der Waals surface area (Å²) in [6.07, 6.45) is 3.10. The molecule has 0 radical (unpaired) electrons. The van der Waals surface area contributed by atoms with Crippen LogP contribution in [0.5, 0.6) is 5.75 Å². The molecule has 1 amide bonds. The summed E-state index contributed by atoms with van der Waals surface area (Å²) < 4.78 is 38.1. The Morgan fingerprint density at radius 3 is 2.27 bits per heavy atom. The normalized spacial score (nSPS) is 11.5. The summed E-state index contributed by atoms with van der Waals surface area (Å²) in [6, 6.07) is 25.3. The molecule has 1 heterocycles. The molecule has 0 unspecified atom stereocenters. The van der Waals surface area contributed by atoms with E-state index < -0.39 is 17.5 Å². The zero-order chi connectivity index (χ0) is 25.9. The molecule has 1 aromatic heterocycles. The highest BCUT2D eigenvalue weighted by atomic mass is 19.2. The van der Waals surface area contributed by atoms with Crippen LogP contribution in [-0.2, 0) is 4.79 Å². The standard InChI is InChI=1S/C31H23F2NO3/c1-19(14-31(35)34-23-12-13-27(32)28(33)15-23)24-16-25-26(18-37-30(25)17-29(24)36-2)22-10-8-21(9-11-22)20-6-4-3-5-7-20/h3-18H,1-2H3,(H,34,35)/b19-14+. The molecule has 1 N–H and O–H groups in total. The molecule has 37 heavy (non-hydrogen) atoms. The quantitative estimate of drug-likeness (QED) is 0.242. The van der Waals surface area contributed by atoms with Crippen LogP contribution in [0.3, 0.4) is 0 Å². The van der Waals surface area contributed by atoms with Gasteiger partial charge in [0.25, 0.3) is 0 Å². The van der Waals surface area contributed by atoms with Crippen molar-refractivity contribution in [1.82, 2.24) is 0 Å². The van der Waals surface area contributed by atoms with Crippen LogP contribution in [0.25, 0.3) is 38.8 Å². The second-order valence-corrected chi connectivity index (χ2v) is 8.59. The first kappa shape index (κ1) is 24.0. The molecule has 0 aliphatic rings. The minimum absolute atomic E-state index is 0.159. The summed E-state index contributed by atoms with van der Waals surface area (Å²) >= 11 is 0. The van der Waals surface area contributed by atoms with Crippen LogP contribution in [-0.4, -0.2) is 13.0 Å². The van der Waals surface area contributed by atoms with Crippen molar-refractivity contribution < 1.29 is 22.7 Å². The van der Waals surface area contributed by atoms with Crippen LogP contribution >= 0.6 is 0 Å². The van der Waals surface area contributed by atoms with E-state index in [2.05, 4.69) is 41.7 Å². The van der Waals surface area contributed by atoms with Crippen LogP contribution in [0.15, 0.2) is 102 Å². The molecule has 0 spiro atoms. The molecule has 6 heteroatoms. The molecule has 0 aliphatic heterocycles. The van der Waals surface area contributed by atoms with Gasteiger partial charge in [-0.3, -0.25) is 4.79 Å². The third-order valence-corrected chi connectivity index (χ3v) is 6.16. The van der Waals surface area contributed by atoms with Crippen molar-refractivity contribution >= 4 is 28.1 Å². The van der Waals surface area contributed by atoms with Crippen molar-refractivity contribution in [2.45, 2.75) is 6.92 Å². The van der Waals surface area contributed by atoms with E-state index in [1.165, 1.54) is 12.1 Å². The van der Waals surface area contributed by atoms with Gasteiger partial charge in [-0.15, -0.1) is 0 Å². The van der Waals surface area contributed by atoms with E-state index in [0.29, 0.717) is 22.5 Å². The van der Waals surface area contributed by atoms with E-state index in [1.807, 2.05) is 24.3 Å². The number of hydrogen-bond acceptors (Lipinski definition) is 3. The first-order valence-corrected chi connectivity index (χ1v) is 11.6. The average Bonchev–Trinajstić information content (AvgIpc) is 3.33. The van der Waals surface area contributed by atoms with Crippen molar-refractivity contribution in [3.63, 3.8) is 0 Å². The molecule has 0 aliphatic carbocycles. The van der Waals surface area contributed by atoms with Gasteiger partial charge in [0.05, 0.1) is 13.4 Å². The number of allylic oxidation sites excluding steroid dienone is 1. The van der Waals surface area contributed by atoms with E-state index in [4.69, 9.17) is 9.15 Å². The lowest BCUT2D eigenvalue weighted by Crippen LogP contribution is -2.09. The number of ether oxygens (including phenoxy) is 1. The molecule has 184 valence electrons. The summed E-state index contributed by atoms with van der Waals surface area (Å²) in [5.74, 6) is -1.94. The third kappa shape index (κ3) is 5.00. The van der Waals surface area contributed by atoms with Crippen molar-refractivity contribution in [3.8, 4) is 28.0 Å². The Morgan fingerprint density at radius 1 is 0.865 bits per heavy atom. The Balaban J connectivity index is 1.47. The number of benzene rings is 4. The number of rotatable bonds is 6. The van der Waals surface area contributed by atoms with Crippen LogP contribution in [0.2, 0.25) is 0 Å². The lowest BCUT2D eigenvalue weighted by atomic mass is 9.97. The molecular formula is C31H23F2NO3. The Hall–Kier alpha value is -4.71. The molecule has 0 saturated carbocycles. The number of furan rings is 1. The summed E-state index contributed by atoms with van der Waals surface area (Å²) in [5, 5.41) is 3.43.